The zero-order valence-electron chi connectivity index (χ0n) is 10.0. The highest BCUT2D eigenvalue weighted by Gasteiger charge is 2.16. The first-order valence-electron chi connectivity index (χ1n) is 5.63. The van der Waals surface area contributed by atoms with E-state index < -0.39 is 10.8 Å². The van der Waals surface area contributed by atoms with E-state index in [1.54, 1.807) is 0 Å². The van der Waals surface area contributed by atoms with Crippen LogP contribution in [-0.4, -0.2) is 20.5 Å². The number of nitro groups is 1. The number of carbonyl (C=O) groups is 1. The summed E-state index contributed by atoms with van der Waals surface area (Å²) in [5, 5.41) is 10.5. The van der Waals surface area contributed by atoms with Crippen LogP contribution < -0.4 is 5.43 Å². The third-order valence-electron chi connectivity index (χ3n) is 2.67. The lowest BCUT2D eigenvalue weighted by molar-refractivity contribution is -0.380. The molecule has 0 radical (unpaired) electrons. The number of benzene rings is 1. The quantitative estimate of drug-likeness (QED) is 0.592. The number of carbonyl (C=O) groups excluding carboxylic acids is 1. The smallest absolute Gasteiger partial charge is 0.266 e. The molecule has 3 rings (SSSR count). The molecule has 20 heavy (non-hydrogen) atoms. The molecule has 7 nitrogen and oxygen atoms in total. The number of amides is 1. The summed E-state index contributed by atoms with van der Waals surface area (Å²) in [6.45, 7) is 0. The molecule has 2 heterocycles. The zero-order valence-corrected chi connectivity index (χ0v) is 10.8. The maximum Gasteiger partial charge on any atom is 0.324 e. The number of hydrogen-bond acceptors (Lipinski definition) is 5. The van der Waals surface area contributed by atoms with Gasteiger partial charge in [-0.25, -0.2) is 9.66 Å². The summed E-state index contributed by atoms with van der Waals surface area (Å²) in [6.07, 6.45) is 1.49. The molecule has 3 aromatic rings. The van der Waals surface area contributed by atoms with Crippen molar-refractivity contribution < 1.29 is 9.72 Å². The van der Waals surface area contributed by atoms with Crippen LogP contribution in [0, 0.1) is 10.1 Å². The molecule has 0 aliphatic rings. The molecule has 0 unspecified atom stereocenters. The fourth-order valence-corrected chi connectivity index (χ4v) is 2.47. The predicted molar refractivity (Wildman–Crippen MR) is 74.4 cm³/mol. The Morgan fingerprint density at radius 1 is 1.30 bits per heavy atom. The van der Waals surface area contributed by atoms with Crippen LogP contribution in [0.15, 0.2) is 42.7 Å². The van der Waals surface area contributed by atoms with Crippen molar-refractivity contribution in [1.82, 2.24) is 9.66 Å². The van der Waals surface area contributed by atoms with E-state index >= 15 is 0 Å². The fraction of sp³-hybridized carbons (Fsp3) is 0. The van der Waals surface area contributed by atoms with E-state index in [-0.39, 0.29) is 9.88 Å². The minimum atomic E-state index is -0.520. The molecule has 0 saturated heterocycles. The van der Waals surface area contributed by atoms with Gasteiger partial charge in [0.15, 0.2) is 0 Å². The average Bonchev–Trinajstić information content (AvgIpc) is 3.06. The van der Waals surface area contributed by atoms with Crippen LogP contribution in [0.4, 0.5) is 5.00 Å². The van der Waals surface area contributed by atoms with Crippen LogP contribution in [0.5, 0.6) is 0 Å². The number of aromatic nitrogens is 2. The van der Waals surface area contributed by atoms with Crippen LogP contribution >= 0.6 is 11.3 Å². The van der Waals surface area contributed by atoms with Crippen LogP contribution in [0.3, 0.4) is 0 Å². The van der Waals surface area contributed by atoms with Gasteiger partial charge in [0.25, 0.3) is 5.91 Å². The van der Waals surface area contributed by atoms with Gasteiger partial charge in [-0.05, 0) is 18.2 Å². The molecule has 0 atom stereocenters. The first-order chi connectivity index (χ1) is 9.65. The molecule has 0 spiro atoms. The first-order valence-corrected chi connectivity index (χ1v) is 6.44. The molecule has 1 N–H and O–H groups in total. The predicted octanol–water partition coefficient (Wildman–Crippen LogP) is 2.39. The average molecular weight is 288 g/mol. The topological polar surface area (TPSA) is 90.1 Å². The molecule has 0 fully saturated rings. The number of para-hydroxylation sites is 2. The van der Waals surface area contributed by atoms with Gasteiger partial charge >= 0.3 is 5.00 Å². The largest absolute Gasteiger partial charge is 0.324 e. The van der Waals surface area contributed by atoms with Gasteiger partial charge in [0.05, 0.1) is 16.0 Å². The van der Waals surface area contributed by atoms with Gasteiger partial charge in [0.2, 0.25) is 0 Å². The van der Waals surface area contributed by atoms with Gasteiger partial charge in [-0.2, -0.15) is 0 Å². The van der Waals surface area contributed by atoms with Gasteiger partial charge in [0.1, 0.15) is 11.2 Å². The number of hydrogen-bond donors (Lipinski definition) is 1. The Labute approximate surface area is 116 Å². The number of imidazole rings is 1. The van der Waals surface area contributed by atoms with Crippen molar-refractivity contribution in [2.75, 3.05) is 5.43 Å². The maximum atomic E-state index is 12.0. The fourth-order valence-electron chi connectivity index (χ4n) is 1.76. The second kappa shape index (κ2) is 4.74. The van der Waals surface area contributed by atoms with Crippen LogP contribution in [0.25, 0.3) is 11.0 Å². The molecule has 2 aromatic heterocycles. The second-order valence-corrected chi connectivity index (χ2v) is 5.00. The SMILES string of the molecule is O=C(Nn1cnc2ccccc21)c1ccc([N+](=O)[O-])s1. The van der Waals surface area contributed by atoms with E-state index in [2.05, 4.69) is 10.4 Å². The van der Waals surface area contributed by atoms with Gasteiger partial charge < -0.3 is 0 Å². The molecule has 8 heteroatoms. The van der Waals surface area contributed by atoms with Crippen molar-refractivity contribution in [2.45, 2.75) is 0 Å². The van der Waals surface area contributed by atoms with Crippen LogP contribution in [-0.2, 0) is 0 Å². The van der Waals surface area contributed by atoms with Crippen molar-refractivity contribution in [3.63, 3.8) is 0 Å². The Kier molecular flexibility index (Phi) is 2.92. The number of nitrogens with one attached hydrogen (secondary N) is 1. The monoisotopic (exact) mass is 288 g/mol. The highest BCUT2D eigenvalue weighted by Crippen LogP contribution is 2.24. The van der Waals surface area contributed by atoms with E-state index in [0.717, 1.165) is 22.4 Å². The van der Waals surface area contributed by atoms with Crippen molar-refractivity contribution >= 4 is 33.3 Å². The molecular weight excluding hydrogens is 280 g/mol. The summed E-state index contributed by atoms with van der Waals surface area (Å²) in [4.78, 5) is 26.5. The van der Waals surface area contributed by atoms with Crippen molar-refractivity contribution in [3.05, 3.63) is 57.7 Å². The molecule has 0 aliphatic heterocycles. The van der Waals surface area contributed by atoms with E-state index in [9.17, 15) is 14.9 Å². The Bertz CT molecular complexity index is 808. The standard InChI is InChI=1S/C12H8N4O3S/c17-12(10-5-6-11(20-10)16(18)19)14-15-7-13-8-3-1-2-4-9(8)15/h1-7H,(H,14,17). The summed E-state index contributed by atoms with van der Waals surface area (Å²) < 4.78 is 1.49. The summed E-state index contributed by atoms with van der Waals surface area (Å²) >= 11 is 0.831. The second-order valence-electron chi connectivity index (χ2n) is 3.94. The highest BCUT2D eigenvalue weighted by atomic mass is 32.1. The highest BCUT2D eigenvalue weighted by molar-refractivity contribution is 7.17. The van der Waals surface area contributed by atoms with Gasteiger partial charge in [-0.3, -0.25) is 20.3 Å². The maximum absolute atomic E-state index is 12.0. The number of rotatable bonds is 3. The molecular formula is C12H8N4O3S. The molecule has 1 aromatic carbocycles. The summed E-state index contributed by atoms with van der Waals surface area (Å²) in [6, 6.07) is 10.1. The summed E-state index contributed by atoms with van der Waals surface area (Å²) in [7, 11) is 0. The minimum absolute atomic E-state index is 0.0642. The lowest BCUT2D eigenvalue weighted by Gasteiger charge is -2.04. The number of thiophene rings is 1. The third-order valence-corrected chi connectivity index (χ3v) is 3.71. The van der Waals surface area contributed by atoms with E-state index in [1.165, 1.54) is 23.1 Å². The Morgan fingerprint density at radius 2 is 2.10 bits per heavy atom. The summed E-state index contributed by atoms with van der Waals surface area (Å²) in [5.41, 5.74) is 4.15. The van der Waals surface area contributed by atoms with Gasteiger partial charge in [-0.15, -0.1) is 0 Å². The normalized spacial score (nSPS) is 10.6. The van der Waals surface area contributed by atoms with Crippen molar-refractivity contribution in [1.29, 1.82) is 0 Å². The molecule has 100 valence electrons. The Balaban J connectivity index is 1.86. The van der Waals surface area contributed by atoms with Gasteiger partial charge in [0, 0.05) is 6.07 Å². The first kappa shape index (κ1) is 12.3. The minimum Gasteiger partial charge on any atom is -0.266 e. The molecule has 1 amide bonds. The summed E-state index contributed by atoms with van der Waals surface area (Å²) in [5.74, 6) is -0.411. The van der Waals surface area contributed by atoms with E-state index in [4.69, 9.17) is 0 Å². The van der Waals surface area contributed by atoms with E-state index in [0.29, 0.717) is 0 Å². The van der Waals surface area contributed by atoms with Crippen molar-refractivity contribution in [3.8, 4) is 0 Å². The third kappa shape index (κ3) is 2.12. The number of nitrogens with zero attached hydrogens (tertiary/aromatic N) is 3. The van der Waals surface area contributed by atoms with Gasteiger partial charge in [-0.1, -0.05) is 23.5 Å². The zero-order chi connectivity index (χ0) is 14.1. The number of fused-ring (bicyclic) bond motifs is 1. The lowest BCUT2D eigenvalue weighted by Crippen LogP contribution is -2.21. The Morgan fingerprint density at radius 3 is 2.85 bits per heavy atom. The van der Waals surface area contributed by atoms with Crippen molar-refractivity contribution in [2.24, 2.45) is 0 Å². The lowest BCUT2D eigenvalue weighted by atomic mass is 10.3. The molecule has 0 bridgehead atoms. The van der Waals surface area contributed by atoms with Crippen LogP contribution in [0.2, 0.25) is 0 Å². The molecule has 0 saturated carbocycles. The van der Waals surface area contributed by atoms with E-state index in [1.807, 2.05) is 24.3 Å². The van der Waals surface area contributed by atoms with Crippen LogP contribution in [0.1, 0.15) is 9.67 Å². The Hall–Kier alpha value is -2.74. The molecule has 0 aliphatic carbocycles.